The van der Waals surface area contributed by atoms with Crippen molar-refractivity contribution in [2.45, 2.75) is 46.0 Å². The monoisotopic (exact) mass is 342 g/mol. The van der Waals surface area contributed by atoms with Gasteiger partial charge in [-0.15, -0.1) is 10.2 Å². The minimum absolute atomic E-state index is 0.467. The van der Waals surface area contributed by atoms with Gasteiger partial charge in [0.25, 0.3) is 0 Å². The van der Waals surface area contributed by atoms with E-state index in [2.05, 4.69) is 39.7 Å². The van der Waals surface area contributed by atoms with Crippen molar-refractivity contribution < 1.29 is 0 Å². The van der Waals surface area contributed by atoms with E-state index in [0.717, 1.165) is 42.9 Å². The molecule has 0 atom stereocenters. The highest BCUT2D eigenvalue weighted by Crippen LogP contribution is 2.45. The summed E-state index contributed by atoms with van der Waals surface area (Å²) in [5.74, 6) is 2.59. The third-order valence-electron chi connectivity index (χ3n) is 5.14. The third kappa shape index (κ3) is 4.30. The van der Waals surface area contributed by atoms with Crippen molar-refractivity contribution in [3.05, 3.63) is 30.2 Å². The van der Waals surface area contributed by atoms with Gasteiger partial charge < -0.3 is 10.6 Å². The van der Waals surface area contributed by atoms with Gasteiger partial charge in [0.05, 0.1) is 0 Å². The molecule has 3 rings (SSSR count). The van der Waals surface area contributed by atoms with Crippen molar-refractivity contribution in [2.24, 2.45) is 16.3 Å². The topological polar surface area (TPSA) is 66.6 Å². The first kappa shape index (κ1) is 17.7. The van der Waals surface area contributed by atoms with Crippen LogP contribution in [0, 0.1) is 11.3 Å². The Hall–Kier alpha value is -2.11. The number of hydrogen-bond acceptors (Lipinski definition) is 3. The molecule has 2 aromatic heterocycles. The van der Waals surface area contributed by atoms with Crippen LogP contribution < -0.4 is 10.6 Å². The highest BCUT2D eigenvalue weighted by atomic mass is 15.2. The van der Waals surface area contributed by atoms with Crippen molar-refractivity contribution in [1.29, 1.82) is 0 Å². The molecule has 6 heteroatoms. The molecule has 0 unspecified atom stereocenters. The van der Waals surface area contributed by atoms with Crippen LogP contribution in [0.4, 0.5) is 0 Å². The average molecular weight is 342 g/mol. The predicted molar refractivity (Wildman–Crippen MR) is 102 cm³/mol. The van der Waals surface area contributed by atoms with Gasteiger partial charge in [-0.05, 0) is 42.7 Å². The van der Waals surface area contributed by atoms with Crippen LogP contribution in [0.1, 0.15) is 45.4 Å². The normalized spacial score (nSPS) is 16.9. The van der Waals surface area contributed by atoms with Crippen molar-refractivity contribution in [3.63, 3.8) is 0 Å². The Labute approximate surface area is 150 Å². The molecule has 0 saturated heterocycles. The minimum atomic E-state index is 0.467. The fraction of sp³-hybridized carbons (Fsp3) is 0.632. The quantitative estimate of drug-likeness (QED) is 0.600. The molecule has 136 valence electrons. The molecule has 0 aliphatic heterocycles. The average Bonchev–Trinajstić information content (AvgIpc) is 2.98. The molecule has 6 nitrogen and oxygen atoms in total. The molecule has 0 bridgehead atoms. The number of nitrogens with one attached hydrogen (secondary N) is 2. The van der Waals surface area contributed by atoms with E-state index in [1.807, 2.05) is 35.8 Å². The fourth-order valence-electron chi connectivity index (χ4n) is 3.84. The number of nitrogens with zero attached hydrogens (tertiary/aromatic N) is 4. The Bertz CT molecular complexity index is 714. The van der Waals surface area contributed by atoms with Crippen LogP contribution in [-0.2, 0) is 6.42 Å². The van der Waals surface area contributed by atoms with Gasteiger partial charge >= 0.3 is 0 Å². The van der Waals surface area contributed by atoms with Crippen LogP contribution in [0.2, 0.25) is 0 Å². The Morgan fingerprint density at radius 1 is 1.28 bits per heavy atom. The maximum atomic E-state index is 4.36. The first-order valence-corrected chi connectivity index (χ1v) is 9.35. The Balaban J connectivity index is 1.48. The molecule has 2 heterocycles. The third-order valence-corrected chi connectivity index (χ3v) is 5.14. The molecule has 1 aliphatic rings. The second kappa shape index (κ2) is 7.85. The van der Waals surface area contributed by atoms with Crippen LogP contribution in [0.5, 0.6) is 0 Å². The van der Waals surface area contributed by atoms with Crippen molar-refractivity contribution in [3.8, 4) is 0 Å². The molecule has 1 aliphatic carbocycles. The highest BCUT2D eigenvalue weighted by molar-refractivity contribution is 5.79. The van der Waals surface area contributed by atoms with E-state index in [1.165, 1.54) is 25.7 Å². The van der Waals surface area contributed by atoms with E-state index in [1.54, 1.807) is 0 Å². The van der Waals surface area contributed by atoms with Gasteiger partial charge in [0.2, 0.25) is 0 Å². The van der Waals surface area contributed by atoms with Crippen LogP contribution in [-0.4, -0.2) is 40.7 Å². The van der Waals surface area contributed by atoms with Gasteiger partial charge in [0.15, 0.2) is 11.6 Å². The smallest absolute Gasteiger partial charge is 0.191 e. The number of hydrogen-bond donors (Lipinski definition) is 2. The number of aliphatic imine (C=N–C) groups is 1. The Kier molecular flexibility index (Phi) is 5.56. The molecule has 0 amide bonds. The van der Waals surface area contributed by atoms with Gasteiger partial charge in [-0.25, -0.2) is 0 Å². The molecule has 2 aromatic rings. The van der Waals surface area contributed by atoms with Gasteiger partial charge in [-0.2, -0.15) is 0 Å². The van der Waals surface area contributed by atoms with Crippen LogP contribution in [0.15, 0.2) is 29.4 Å². The Morgan fingerprint density at radius 2 is 2.12 bits per heavy atom. The summed E-state index contributed by atoms with van der Waals surface area (Å²) in [4.78, 5) is 4.36. The standard InChI is InChI=1S/C19H30N6/c1-15(2)13-19(9-6-10-19)14-22-18(20-3)21-11-8-17-24-23-16-7-4-5-12-25(16)17/h4-5,7,12,15H,6,8-11,13-14H2,1-3H3,(H2,20,21,22). The van der Waals surface area contributed by atoms with Gasteiger partial charge in [-0.1, -0.05) is 26.3 Å². The largest absolute Gasteiger partial charge is 0.356 e. The van der Waals surface area contributed by atoms with E-state index >= 15 is 0 Å². The SMILES string of the molecule is CN=C(NCCc1nnc2ccccn12)NCC1(CC(C)C)CCC1. The molecule has 2 N–H and O–H groups in total. The minimum Gasteiger partial charge on any atom is -0.356 e. The summed E-state index contributed by atoms with van der Waals surface area (Å²) in [6.07, 6.45) is 8.14. The van der Waals surface area contributed by atoms with Gasteiger partial charge in [0, 0.05) is 32.8 Å². The number of aromatic nitrogens is 3. The number of rotatable bonds is 7. The molecule has 0 spiro atoms. The summed E-state index contributed by atoms with van der Waals surface area (Å²) >= 11 is 0. The predicted octanol–water partition coefficient (Wildman–Crippen LogP) is 2.65. The summed E-state index contributed by atoms with van der Waals surface area (Å²) in [7, 11) is 1.83. The first-order valence-electron chi connectivity index (χ1n) is 9.35. The second-order valence-corrected chi connectivity index (χ2v) is 7.60. The van der Waals surface area contributed by atoms with Crippen LogP contribution >= 0.6 is 0 Å². The Morgan fingerprint density at radius 3 is 2.80 bits per heavy atom. The highest BCUT2D eigenvalue weighted by Gasteiger charge is 2.37. The molecular weight excluding hydrogens is 312 g/mol. The summed E-state index contributed by atoms with van der Waals surface area (Å²) < 4.78 is 2.03. The lowest BCUT2D eigenvalue weighted by molar-refractivity contribution is 0.104. The van der Waals surface area contributed by atoms with E-state index in [9.17, 15) is 0 Å². The number of pyridine rings is 1. The zero-order valence-corrected chi connectivity index (χ0v) is 15.6. The van der Waals surface area contributed by atoms with Crippen molar-refractivity contribution in [1.82, 2.24) is 25.2 Å². The molecule has 0 radical (unpaired) electrons. The first-order chi connectivity index (χ1) is 12.1. The molecule has 0 aromatic carbocycles. The van der Waals surface area contributed by atoms with Crippen molar-refractivity contribution >= 4 is 11.6 Å². The summed E-state index contributed by atoms with van der Waals surface area (Å²) in [6, 6.07) is 5.95. The molecular formula is C19H30N6. The fourth-order valence-corrected chi connectivity index (χ4v) is 3.84. The van der Waals surface area contributed by atoms with E-state index in [4.69, 9.17) is 0 Å². The molecule has 25 heavy (non-hydrogen) atoms. The van der Waals surface area contributed by atoms with Gasteiger partial charge in [-0.3, -0.25) is 9.39 Å². The lowest BCUT2D eigenvalue weighted by atomic mass is 9.64. The summed E-state index contributed by atoms with van der Waals surface area (Å²) in [5.41, 5.74) is 1.36. The summed E-state index contributed by atoms with van der Waals surface area (Å²) in [5, 5.41) is 15.4. The van der Waals surface area contributed by atoms with Gasteiger partial charge in [0.1, 0.15) is 5.82 Å². The van der Waals surface area contributed by atoms with E-state index in [0.29, 0.717) is 5.41 Å². The van der Waals surface area contributed by atoms with Crippen LogP contribution in [0.3, 0.4) is 0 Å². The van der Waals surface area contributed by atoms with Crippen LogP contribution in [0.25, 0.3) is 5.65 Å². The zero-order valence-electron chi connectivity index (χ0n) is 15.6. The number of guanidine groups is 1. The number of fused-ring (bicyclic) bond motifs is 1. The summed E-state index contributed by atoms with van der Waals surface area (Å²) in [6.45, 7) is 6.43. The van der Waals surface area contributed by atoms with Crippen molar-refractivity contribution in [2.75, 3.05) is 20.1 Å². The lowest BCUT2D eigenvalue weighted by Gasteiger charge is -2.43. The lowest BCUT2D eigenvalue weighted by Crippen LogP contribution is -2.47. The maximum Gasteiger partial charge on any atom is 0.191 e. The zero-order chi connectivity index (χ0) is 17.7. The molecule has 1 saturated carbocycles. The molecule has 1 fully saturated rings. The van der Waals surface area contributed by atoms with E-state index < -0.39 is 0 Å². The maximum absolute atomic E-state index is 4.36. The second-order valence-electron chi connectivity index (χ2n) is 7.60. The van der Waals surface area contributed by atoms with E-state index in [-0.39, 0.29) is 0 Å².